The third kappa shape index (κ3) is 545. The second-order valence-corrected chi connectivity index (χ2v) is 3.08. The molecular weight excluding hydrogens is 279 g/mol. The van der Waals surface area contributed by atoms with Crippen LogP contribution >= 0.6 is 15.6 Å². The summed E-state index contributed by atoms with van der Waals surface area (Å²) in [6, 6.07) is 0. The molecule has 0 saturated heterocycles. The van der Waals surface area contributed by atoms with Gasteiger partial charge in [0.25, 0.3) is 0 Å². The molecule has 84 valence electrons. The van der Waals surface area contributed by atoms with Crippen molar-refractivity contribution in [3.8, 4) is 0 Å². The fraction of sp³-hybridized carbons (Fsp3) is 1.00. The van der Waals surface area contributed by atoms with Gasteiger partial charge in [-0.3, -0.25) is 0 Å². The van der Waals surface area contributed by atoms with Crippen molar-refractivity contribution in [1.82, 2.24) is 0 Å². The Kier molecular flexibility index (Phi) is 45.4. The van der Waals surface area contributed by atoms with E-state index < -0.39 is 15.6 Å². The maximum atomic E-state index is 8.88. The standard InChI is InChI=1S/CH3.Fe.3Li.2H3O4P.2H/c;;;;;2*1-5(2,3)4;;/h1H3;;;;;2*(H3,1,2,3,4);;. The first kappa shape index (κ1) is 36.0. The van der Waals surface area contributed by atoms with Crippen LogP contribution in [0.2, 0.25) is 5.60 Å². The molecule has 0 unspecified atom stereocenters. The number of hydrogen-bond donors (Lipinski definition) is 6. The normalized spacial score (nSPS) is 8.33. The molecule has 14 heteroatoms. The van der Waals surface area contributed by atoms with Crippen LogP contribution in [0.3, 0.4) is 0 Å². The van der Waals surface area contributed by atoms with E-state index in [1.807, 2.05) is 23.3 Å². The van der Waals surface area contributed by atoms with Crippen LogP contribution in [0.5, 0.6) is 0 Å². The van der Waals surface area contributed by atoms with Gasteiger partial charge in [0.2, 0.25) is 0 Å². The van der Waals surface area contributed by atoms with Crippen molar-refractivity contribution in [2.24, 2.45) is 0 Å². The second-order valence-electron chi connectivity index (χ2n) is 1.03. The average molecular weight is 290 g/mol. The molecule has 0 aromatic heterocycles. The van der Waals surface area contributed by atoms with Gasteiger partial charge in [0.15, 0.2) is 0 Å². The molecule has 0 saturated carbocycles. The molecule has 0 aromatic carbocycles. The Morgan fingerprint density at radius 1 is 0.733 bits per heavy atom. The van der Waals surface area contributed by atoms with Crippen molar-refractivity contribution in [2.45, 2.75) is 5.60 Å². The summed E-state index contributed by atoms with van der Waals surface area (Å²) < 4.78 is 17.8. The Balaban J connectivity index is -0.0000000197. The molecular formula is CH11FeLi3O8P2. The third-order valence-corrected chi connectivity index (χ3v) is 0. The summed E-state index contributed by atoms with van der Waals surface area (Å²) in [6.45, 7) is 0. The Bertz CT molecular complexity index is 140. The van der Waals surface area contributed by atoms with Crippen LogP contribution in [0.4, 0.5) is 0 Å². The first-order valence-corrected chi connectivity index (χ1v) is 5.70. The molecule has 0 aliphatic heterocycles. The van der Waals surface area contributed by atoms with Gasteiger partial charge in [-0.25, -0.2) is 9.13 Å². The van der Waals surface area contributed by atoms with Gasteiger partial charge >= 0.3 is 76.7 Å². The molecule has 0 rings (SSSR count). The molecule has 15 heavy (non-hydrogen) atoms. The zero-order valence-electron chi connectivity index (χ0n) is 6.75. The topological polar surface area (TPSA) is 156 Å². The Hall–Kier alpha value is 2.53. The Morgan fingerprint density at radius 2 is 0.733 bits per heavy atom. The van der Waals surface area contributed by atoms with Crippen molar-refractivity contribution in [3.63, 3.8) is 0 Å². The van der Waals surface area contributed by atoms with E-state index in [0.717, 1.165) is 0 Å². The Labute approximate surface area is 131 Å². The molecule has 0 atom stereocenters. The van der Waals surface area contributed by atoms with E-state index in [-0.39, 0.29) is 54.8 Å². The van der Waals surface area contributed by atoms with Crippen LogP contribution in [0.15, 0.2) is 0 Å². The number of rotatable bonds is 0. The quantitative estimate of drug-likeness (QED) is 0.204. The fourth-order valence-corrected chi connectivity index (χ4v) is 0. The monoisotopic (exact) mass is 290 g/mol. The molecule has 0 aromatic rings. The van der Waals surface area contributed by atoms with E-state index in [9.17, 15) is 0 Å². The minimum atomic E-state index is -4.64. The van der Waals surface area contributed by atoms with Crippen molar-refractivity contribution in [2.75, 3.05) is 0 Å². The van der Waals surface area contributed by atoms with E-state index >= 15 is 0 Å². The summed E-state index contributed by atoms with van der Waals surface area (Å²) in [6.07, 6.45) is 0. The zero-order chi connectivity index (χ0) is 11.0. The van der Waals surface area contributed by atoms with Gasteiger partial charge in [-0.1, -0.05) is 0 Å². The van der Waals surface area contributed by atoms with E-state index in [2.05, 4.69) is 0 Å². The van der Waals surface area contributed by atoms with E-state index in [1.54, 1.807) is 0 Å². The first-order valence-electron chi connectivity index (χ1n) is 2.57. The maximum absolute atomic E-state index is 8.88. The van der Waals surface area contributed by atoms with Crippen molar-refractivity contribution >= 4 is 71.1 Å². The number of phosphoric acid groups is 2. The summed E-state index contributed by atoms with van der Waals surface area (Å²) in [4.78, 5) is 43.1. The van der Waals surface area contributed by atoms with Gasteiger partial charge in [-0.05, 0) is 0 Å². The zero-order valence-corrected chi connectivity index (χ0v) is 9.64. The van der Waals surface area contributed by atoms with Crippen LogP contribution in [0, 0.1) is 0 Å². The molecule has 8 nitrogen and oxygen atoms in total. The molecule has 6 N–H and O–H groups in total. The van der Waals surface area contributed by atoms with Crippen LogP contribution in [-0.4, -0.2) is 84.8 Å². The minimum absolute atomic E-state index is 0. The second kappa shape index (κ2) is 18.9. The third-order valence-electron chi connectivity index (χ3n) is 0. The predicted octanol–water partition coefficient (Wildman–Crippen LogP) is -2.95. The van der Waals surface area contributed by atoms with Gasteiger partial charge in [0, 0.05) is 17.1 Å². The van der Waals surface area contributed by atoms with Crippen LogP contribution in [0.1, 0.15) is 0 Å². The summed E-state index contributed by atoms with van der Waals surface area (Å²) in [5, 5.41) is 0. The molecule has 0 bridgehead atoms. The van der Waals surface area contributed by atoms with Gasteiger partial charge in [-0.2, -0.15) is 0 Å². The average Bonchev–Trinajstić information content (AvgIpc) is 1.59. The molecule has 0 aliphatic rings. The van der Waals surface area contributed by atoms with Gasteiger partial charge in [0.1, 0.15) is 0 Å². The van der Waals surface area contributed by atoms with Crippen molar-refractivity contribution < 1.29 is 55.6 Å². The molecule has 0 spiro atoms. The summed E-state index contributed by atoms with van der Waals surface area (Å²) in [5.74, 6) is 0. The van der Waals surface area contributed by atoms with Gasteiger partial charge in [0.05, 0.1) is 0 Å². The fourth-order valence-electron chi connectivity index (χ4n) is 0. The van der Waals surface area contributed by atoms with Crippen LogP contribution in [0.25, 0.3) is 0 Å². The molecule has 0 radical (unpaired) electrons. The Morgan fingerprint density at radius 3 is 0.733 bits per heavy atom. The van der Waals surface area contributed by atoms with Crippen LogP contribution < -0.4 is 0 Å². The van der Waals surface area contributed by atoms with E-state index in [4.69, 9.17) is 38.5 Å². The molecule has 0 heterocycles. The SMILES string of the molecule is O=P(O)(O)O.O=P(O)(O)O.[Fe].[LiH].[LiH].[Li][CH3]. The summed E-state index contributed by atoms with van der Waals surface area (Å²) >= 11 is 2.00. The molecule has 0 fully saturated rings. The van der Waals surface area contributed by atoms with Crippen molar-refractivity contribution in [3.05, 3.63) is 0 Å². The predicted molar refractivity (Wildman–Crippen MR) is 54.4 cm³/mol. The summed E-state index contributed by atoms with van der Waals surface area (Å²) in [5.41, 5.74) is 2.00. The van der Waals surface area contributed by atoms with Crippen LogP contribution in [-0.2, 0) is 26.2 Å². The summed E-state index contributed by atoms with van der Waals surface area (Å²) in [7, 11) is -9.28. The van der Waals surface area contributed by atoms with Gasteiger partial charge < -0.3 is 29.4 Å². The van der Waals surface area contributed by atoms with E-state index in [0.29, 0.717) is 0 Å². The molecule has 0 aliphatic carbocycles. The van der Waals surface area contributed by atoms with E-state index in [1.165, 1.54) is 0 Å². The van der Waals surface area contributed by atoms with Gasteiger partial charge in [-0.15, -0.1) is 0 Å². The number of hydrogen-bond acceptors (Lipinski definition) is 2. The first-order chi connectivity index (χ1) is 5.00. The molecule has 0 amide bonds. The van der Waals surface area contributed by atoms with Crippen molar-refractivity contribution in [1.29, 1.82) is 0 Å².